The normalized spacial score (nSPS) is 13.2. The number of aromatic amines is 1. The number of aromatic nitrogens is 2. The van der Waals surface area contributed by atoms with Crippen LogP contribution in [0.15, 0.2) is 45.7 Å². The van der Waals surface area contributed by atoms with E-state index >= 15 is 0 Å². The van der Waals surface area contributed by atoms with Crippen molar-refractivity contribution in [3.63, 3.8) is 0 Å². The monoisotopic (exact) mass is 412 g/mol. The number of carbonyl (C=O) groups excluding carboxylic acids is 1. The molecule has 0 fully saturated rings. The number of amides is 1. The molecule has 6 nitrogen and oxygen atoms in total. The second kappa shape index (κ2) is 8.17. The smallest absolute Gasteiger partial charge is 0.260 e. The van der Waals surface area contributed by atoms with Crippen LogP contribution in [0, 0.1) is 17.2 Å². The molecule has 1 amide bonds. The number of fused-ring (bicyclic) bond motifs is 1. The average molecular weight is 413 g/mol. The zero-order valence-corrected chi connectivity index (χ0v) is 17.4. The molecule has 0 saturated heterocycles. The van der Waals surface area contributed by atoms with Crippen molar-refractivity contribution in [3.05, 3.63) is 46.1 Å². The first kappa shape index (κ1) is 20.1. The maximum absolute atomic E-state index is 12.6. The Labute approximate surface area is 171 Å². The van der Waals surface area contributed by atoms with Crippen molar-refractivity contribution in [2.24, 2.45) is 5.92 Å². The van der Waals surface area contributed by atoms with E-state index in [9.17, 15) is 14.9 Å². The molecule has 0 saturated carbocycles. The molecule has 2 aromatic heterocycles. The van der Waals surface area contributed by atoms with Gasteiger partial charge in [-0.3, -0.25) is 9.59 Å². The number of rotatable bonds is 6. The molecule has 8 heteroatoms. The molecule has 0 aliphatic rings. The fourth-order valence-electron chi connectivity index (χ4n) is 2.59. The lowest BCUT2D eigenvalue weighted by molar-refractivity contribution is -0.120. The Morgan fingerprint density at radius 2 is 2.11 bits per heavy atom. The van der Waals surface area contributed by atoms with Gasteiger partial charge in [0.15, 0.2) is 5.16 Å². The second-order valence-corrected chi connectivity index (χ2v) is 8.69. The van der Waals surface area contributed by atoms with Crippen molar-refractivity contribution in [2.45, 2.75) is 31.5 Å². The molecular formula is C20H20N4O2S2. The Hall–Kier alpha value is -2.63. The predicted molar refractivity (Wildman–Crippen MR) is 113 cm³/mol. The van der Waals surface area contributed by atoms with Crippen LogP contribution < -0.4 is 10.9 Å². The molecule has 0 aliphatic carbocycles. The van der Waals surface area contributed by atoms with Gasteiger partial charge in [-0.05, 0) is 18.4 Å². The number of H-pyrrole nitrogens is 1. The minimum absolute atomic E-state index is 0.0248. The van der Waals surface area contributed by atoms with Crippen LogP contribution in [0.1, 0.15) is 20.8 Å². The topological polar surface area (TPSA) is 98.6 Å². The van der Waals surface area contributed by atoms with E-state index in [1.807, 2.05) is 49.6 Å². The SMILES string of the molecule is CC(C)[C@@](C)(C#N)NC(=O)CSc1nc2scc(-c3ccccc3)c2c(=O)[nH]1. The maximum atomic E-state index is 12.6. The van der Waals surface area contributed by atoms with Crippen molar-refractivity contribution < 1.29 is 4.79 Å². The minimum atomic E-state index is -0.930. The van der Waals surface area contributed by atoms with Crippen molar-refractivity contribution in [2.75, 3.05) is 5.75 Å². The molecule has 1 atom stereocenters. The Kier molecular flexibility index (Phi) is 5.87. The van der Waals surface area contributed by atoms with Crippen molar-refractivity contribution in [3.8, 4) is 17.2 Å². The van der Waals surface area contributed by atoms with Gasteiger partial charge in [-0.1, -0.05) is 55.9 Å². The van der Waals surface area contributed by atoms with E-state index in [2.05, 4.69) is 21.4 Å². The van der Waals surface area contributed by atoms with Crippen LogP contribution in [0.25, 0.3) is 21.3 Å². The van der Waals surface area contributed by atoms with E-state index in [4.69, 9.17) is 0 Å². The highest BCUT2D eigenvalue weighted by Crippen LogP contribution is 2.31. The summed E-state index contributed by atoms with van der Waals surface area (Å²) in [6, 6.07) is 11.8. The molecule has 0 radical (unpaired) electrons. The quantitative estimate of drug-likeness (QED) is 0.474. The van der Waals surface area contributed by atoms with Crippen molar-refractivity contribution >= 4 is 39.2 Å². The van der Waals surface area contributed by atoms with E-state index < -0.39 is 5.54 Å². The third-order valence-electron chi connectivity index (χ3n) is 4.63. The molecule has 3 rings (SSSR count). The third kappa shape index (κ3) is 4.11. The lowest BCUT2D eigenvalue weighted by Gasteiger charge is -2.27. The largest absolute Gasteiger partial charge is 0.337 e. The number of hydrogen-bond acceptors (Lipinski definition) is 6. The molecule has 0 bridgehead atoms. The van der Waals surface area contributed by atoms with Gasteiger partial charge in [0.1, 0.15) is 10.4 Å². The van der Waals surface area contributed by atoms with E-state index in [1.165, 1.54) is 11.3 Å². The summed E-state index contributed by atoms with van der Waals surface area (Å²) >= 11 is 2.54. The summed E-state index contributed by atoms with van der Waals surface area (Å²) in [5, 5.41) is 14.9. The van der Waals surface area contributed by atoms with Crippen LogP contribution in [0.2, 0.25) is 0 Å². The predicted octanol–water partition coefficient (Wildman–Crippen LogP) is 3.80. The molecule has 28 heavy (non-hydrogen) atoms. The molecule has 144 valence electrons. The van der Waals surface area contributed by atoms with Gasteiger partial charge >= 0.3 is 0 Å². The molecule has 2 N–H and O–H groups in total. The van der Waals surface area contributed by atoms with Gasteiger partial charge in [0, 0.05) is 10.9 Å². The highest BCUT2D eigenvalue weighted by molar-refractivity contribution is 7.99. The average Bonchev–Trinajstić information content (AvgIpc) is 3.11. The summed E-state index contributed by atoms with van der Waals surface area (Å²) in [6.45, 7) is 5.46. The highest BCUT2D eigenvalue weighted by Gasteiger charge is 2.29. The molecule has 0 unspecified atom stereocenters. The number of thiophene rings is 1. The first-order valence-corrected chi connectivity index (χ1v) is 10.6. The van der Waals surface area contributed by atoms with Crippen LogP contribution in [-0.2, 0) is 4.79 Å². The number of nitrogens with zero attached hydrogens (tertiary/aromatic N) is 2. The van der Waals surface area contributed by atoms with Gasteiger partial charge in [-0.15, -0.1) is 11.3 Å². The second-order valence-electron chi connectivity index (χ2n) is 6.87. The number of benzene rings is 1. The number of nitrogens with one attached hydrogen (secondary N) is 2. The summed E-state index contributed by atoms with van der Waals surface area (Å²) < 4.78 is 0. The van der Waals surface area contributed by atoms with Gasteiger partial charge in [0.05, 0.1) is 17.2 Å². The first-order chi connectivity index (χ1) is 13.3. The molecular weight excluding hydrogens is 392 g/mol. The van der Waals surface area contributed by atoms with Gasteiger partial charge in [0.2, 0.25) is 5.91 Å². The van der Waals surface area contributed by atoms with Crippen molar-refractivity contribution in [1.82, 2.24) is 15.3 Å². The number of thioether (sulfide) groups is 1. The van der Waals surface area contributed by atoms with E-state index in [0.29, 0.717) is 15.4 Å². The summed E-state index contributed by atoms with van der Waals surface area (Å²) in [5.74, 6) is -0.236. The summed E-state index contributed by atoms with van der Waals surface area (Å²) in [6.07, 6.45) is 0. The zero-order chi connectivity index (χ0) is 20.3. The van der Waals surface area contributed by atoms with Gasteiger partial charge in [-0.2, -0.15) is 5.26 Å². The van der Waals surface area contributed by atoms with Crippen LogP contribution >= 0.6 is 23.1 Å². The van der Waals surface area contributed by atoms with E-state index in [1.54, 1.807) is 6.92 Å². The zero-order valence-electron chi connectivity index (χ0n) is 15.8. The van der Waals surface area contributed by atoms with E-state index in [0.717, 1.165) is 22.9 Å². The molecule has 1 aromatic carbocycles. The maximum Gasteiger partial charge on any atom is 0.260 e. The Bertz CT molecular complexity index is 1100. The van der Waals surface area contributed by atoms with Crippen LogP contribution in [-0.4, -0.2) is 27.2 Å². The Morgan fingerprint density at radius 1 is 1.39 bits per heavy atom. The lowest BCUT2D eigenvalue weighted by atomic mass is 9.90. The fourth-order valence-corrected chi connectivity index (χ4v) is 4.26. The fraction of sp³-hybridized carbons (Fsp3) is 0.300. The van der Waals surface area contributed by atoms with Crippen LogP contribution in [0.3, 0.4) is 0 Å². The van der Waals surface area contributed by atoms with Crippen LogP contribution in [0.5, 0.6) is 0 Å². The Morgan fingerprint density at radius 3 is 2.75 bits per heavy atom. The first-order valence-electron chi connectivity index (χ1n) is 8.76. The van der Waals surface area contributed by atoms with Gasteiger partial charge in [0.25, 0.3) is 5.56 Å². The molecule has 0 spiro atoms. The lowest BCUT2D eigenvalue weighted by Crippen LogP contribution is -2.49. The van der Waals surface area contributed by atoms with Gasteiger partial charge in [-0.25, -0.2) is 4.98 Å². The summed E-state index contributed by atoms with van der Waals surface area (Å²) in [4.78, 5) is 32.7. The molecule has 3 aromatic rings. The molecule has 2 heterocycles. The molecule has 0 aliphatic heterocycles. The summed E-state index contributed by atoms with van der Waals surface area (Å²) in [5.41, 5.74) is 0.661. The van der Waals surface area contributed by atoms with E-state index in [-0.39, 0.29) is 23.1 Å². The highest BCUT2D eigenvalue weighted by atomic mass is 32.2. The summed E-state index contributed by atoms with van der Waals surface area (Å²) in [7, 11) is 0. The third-order valence-corrected chi connectivity index (χ3v) is 6.38. The standard InChI is InChI=1S/C20H20N4O2S2/c1-12(2)20(3,11-21)24-15(25)10-28-19-22-17(26)16-14(9-27-18(16)23-19)13-7-5-4-6-8-13/h4-9,12H,10H2,1-3H3,(H,24,25)(H,22,23,26)/t20-/m1/s1. The number of nitriles is 1. The minimum Gasteiger partial charge on any atom is -0.337 e. The van der Waals surface area contributed by atoms with Gasteiger partial charge < -0.3 is 10.3 Å². The van der Waals surface area contributed by atoms with Crippen LogP contribution in [0.4, 0.5) is 0 Å². The van der Waals surface area contributed by atoms with Crippen molar-refractivity contribution in [1.29, 1.82) is 5.26 Å². The number of carbonyl (C=O) groups is 1. The Balaban J connectivity index is 1.78. The number of hydrogen-bond donors (Lipinski definition) is 2.